The summed E-state index contributed by atoms with van der Waals surface area (Å²) in [6.07, 6.45) is 3.29. The molecular weight excluding hydrogens is 226 g/mol. The molecule has 0 aromatic heterocycles. The molecular formula is C14H15N3O. The first kappa shape index (κ1) is 11.1. The standard InChI is InChI=1S/C14H15N3O/c15-9-3-6-13-16-12-5-2-1-4-11(12)14(18)17(13)10-7-8-10/h1-2,4-5,10,13,16H,3,6-8H2. The van der Waals surface area contributed by atoms with Crippen LogP contribution in [0.3, 0.4) is 0 Å². The maximum absolute atomic E-state index is 12.5. The molecule has 4 nitrogen and oxygen atoms in total. The largest absolute Gasteiger partial charge is 0.364 e. The van der Waals surface area contributed by atoms with Crippen molar-refractivity contribution in [2.45, 2.75) is 37.9 Å². The number of carbonyl (C=O) groups excluding carboxylic acids is 1. The quantitative estimate of drug-likeness (QED) is 0.883. The number of para-hydroxylation sites is 1. The second-order valence-electron chi connectivity index (χ2n) is 4.85. The third-order valence-electron chi connectivity index (χ3n) is 3.52. The van der Waals surface area contributed by atoms with Crippen molar-refractivity contribution in [3.05, 3.63) is 29.8 Å². The third-order valence-corrected chi connectivity index (χ3v) is 3.52. The normalized spacial score (nSPS) is 22.1. The number of nitriles is 1. The van der Waals surface area contributed by atoms with E-state index in [1.165, 1.54) is 0 Å². The number of amides is 1. The van der Waals surface area contributed by atoms with Gasteiger partial charge in [0.05, 0.1) is 11.6 Å². The van der Waals surface area contributed by atoms with E-state index in [0.29, 0.717) is 18.9 Å². The fourth-order valence-electron chi connectivity index (χ4n) is 2.51. The van der Waals surface area contributed by atoms with Crippen molar-refractivity contribution in [2.24, 2.45) is 0 Å². The van der Waals surface area contributed by atoms with Crippen LogP contribution in [-0.2, 0) is 0 Å². The molecule has 1 aliphatic heterocycles. The van der Waals surface area contributed by atoms with Crippen molar-refractivity contribution < 1.29 is 4.79 Å². The van der Waals surface area contributed by atoms with Crippen molar-refractivity contribution in [3.63, 3.8) is 0 Å². The van der Waals surface area contributed by atoms with Crippen molar-refractivity contribution in [1.82, 2.24) is 4.90 Å². The zero-order valence-electron chi connectivity index (χ0n) is 10.1. The minimum Gasteiger partial charge on any atom is -0.364 e. The number of rotatable bonds is 3. The summed E-state index contributed by atoms with van der Waals surface area (Å²) in [5.74, 6) is 0.106. The molecule has 92 valence electrons. The van der Waals surface area contributed by atoms with Crippen LogP contribution in [-0.4, -0.2) is 23.0 Å². The summed E-state index contributed by atoms with van der Waals surface area (Å²) >= 11 is 0. The van der Waals surface area contributed by atoms with Crippen LogP contribution < -0.4 is 5.32 Å². The Balaban J connectivity index is 1.91. The van der Waals surface area contributed by atoms with Crippen LogP contribution in [0.2, 0.25) is 0 Å². The van der Waals surface area contributed by atoms with Gasteiger partial charge in [-0.3, -0.25) is 4.79 Å². The highest BCUT2D eigenvalue weighted by Gasteiger charge is 2.40. The molecule has 1 amide bonds. The molecule has 1 fully saturated rings. The summed E-state index contributed by atoms with van der Waals surface area (Å²) in [7, 11) is 0. The highest BCUT2D eigenvalue weighted by Crippen LogP contribution is 2.36. The Kier molecular flexibility index (Phi) is 2.67. The summed E-state index contributed by atoms with van der Waals surface area (Å²) in [5, 5.41) is 12.1. The molecule has 4 heteroatoms. The van der Waals surface area contributed by atoms with Gasteiger partial charge in [0.25, 0.3) is 5.91 Å². The van der Waals surface area contributed by atoms with E-state index >= 15 is 0 Å². The topological polar surface area (TPSA) is 56.1 Å². The summed E-state index contributed by atoms with van der Waals surface area (Å²) in [5.41, 5.74) is 1.64. The maximum atomic E-state index is 12.5. The monoisotopic (exact) mass is 241 g/mol. The predicted molar refractivity (Wildman–Crippen MR) is 67.9 cm³/mol. The molecule has 1 unspecified atom stereocenters. The molecule has 3 rings (SSSR count). The number of carbonyl (C=O) groups is 1. The average molecular weight is 241 g/mol. The zero-order chi connectivity index (χ0) is 12.5. The molecule has 0 bridgehead atoms. The van der Waals surface area contributed by atoms with Gasteiger partial charge in [0.15, 0.2) is 0 Å². The van der Waals surface area contributed by atoms with Gasteiger partial charge in [-0.25, -0.2) is 0 Å². The smallest absolute Gasteiger partial charge is 0.257 e. The van der Waals surface area contributed by atoms with Gasteiger partial charge in [0.1, 0.15) is 6.17 Å². The van der Waals surface area contributed by atoms with Crippen LogP contribution >= 0.6 is 0 Å². The summed E-state index contributed by atoms with van der Waals surface area (Å²) in [4.78, 5) is 14.4. The molecule has 1 atom stereocenters. The van der Waals surface area contributed by atoms with Gasteiger partial charge in [0.2, 0.25) is 0 Å². The van der Waals surface area contributed by atoms with Gasteiger partial charge in [-0.2, -0.15) is 5.26 Å². The number of hydrogen-bond acceptors (Lipinski definition) is 3. The molecule has 18 heavy (non-hydrogen) atoms. The van der Waals surface area contributed by atoms with E-state index in [1.54, 1.807) is 0 Å². The number of nitrogens with one attached hydrogen (secondary N) is 1. The maximum Gasteiger partial charge on any atom is 0.257 e. The van der Waals surface area contributed by atoms with E-state index in [2.05, 4.69) is 11.4 Å². The highest BCUT2D eigenvalue weighted by molar-refractivity contribution is 6.01. The first-order chi connectivity index (χ1) is 8.81. The Labute approximate surface area is 106 Å². The molecule has 1 aromatic carbocycles. The number of fused-ring (bicyclic) bond motifs is 1. The van der Waals surface area contributed by atoms with Crippen LogP contribution in [0.25, 0.3) is 0 Å². The molecule has 0 spiro atoms. The van der Waals surface area contributed by atoms with Crippen molar-refractivity contribution in [2.75, 3.05) is 5.32 Å². The first-order valence-corrected chi connectivity index (χ1v) is 6.36. The van der Waals surface area contributed by atoms with E-state index < -0.39 is 0 Å². The molecule has 2 aliphatic rings. The molecule has 1 saturated carbocycles. The SMILES string of the molecule is N#CCCC1Nc2ccccc2C(=O)N1C1CC1. The molecule has 1 aliphatic carbocycles. The van der Waals surface area contributed by atoms with Crippen molar-refractivity contribution in [3.8, 4) is 6.07 Å². The molecule has 0 radical (unpaired) electrons. The summed E-state index contributed by atoms with van der Waals surface area (Å²) < 4.78 is 0. The van der Waals surface area contributed by atoms with Crippen LogP contribution in [0.15, 0.2) is 24.3 Å². The van der Waals surface area contributed by atoms with Gasteiger partial charge in [-0.15, -0.1) is 0 Å². The molecule has 1 heterocycles. The minimum atomic E-state index is -0.0282. The molecule has 0 saturated heterocycles. The fraction of sp³-hybridized carbons (Fsp3) is 0.429. The van der Waals surface area contributed by atoms with Crippen LogP contribution in [0.1, 0.15) is 36.0 Å². The molecule has 1 aromatic rings. The van der Waals surface area contributed by atoms with Crippen molar-refractivity contribution >= 4 is 11.6 Å². The first-order valence-electron chi connectivity index (χ1n) is 6.36. The minimum absolute atomic E-state index is 0.0282. The van der Waals surface area contributed by atoms with E-state index in [1.807, 2.05) is 29.2 Å². The average Bonchev–Trinajstić information content (AvgIpc) is 3.21. The van der Waals surface area contributed by atoms with Crippen LogP contribution in [0, 0.1) is 11.3 Å². The van der Waals surface area contributed by atoms with Gasteiger partial charge in [-0.05, 0) is 31.4 Å². The van der Waals surface area contributed by atoms with Gasteiger partial charge in [0, 0.05) is 18.2 Å². The van der Waals surface area contributed by atoms with Gasteiger partial charge < -0.3 is 10.2 Å². The Morgan fingerprint density at radius 3 is 2.89 bits per heavy atom. The predicted octanol–water partition coefficient (Wildman–Crippen LogP) is 2.35. The van der Waals surface area contributed by atoms with Gasteiger partial charge in [-0.1, -0.05) is 12.1 Å². The van der Waals surface area contributed by atoms with E-state index in [4.69, 9.17) is 5.26 Å². The molecule has 1 N–H and O–H groups in total. The summed E-state index contributed by atoms with van der Waals surface area (Å²) in [6.45, 7) is 0. The zero-order valence-corrected chi connectivity index (χ0v) is 10.1. The Morgan fingerprint density at radius 1 is 1.39 bits per heavy atom. The second-order valence-corrected chi connectivity index (χ2v) is 4.85. The van der Waals surface area contributed by atoms with Crippen LogP contribution in [0.4, 0.5) is 5.69 Å². The lowest BCUT2D eigenvalue weighted by atomic mass is 10.1. The second kappa shape index (κ2) is 4.34. The fourth-order valence-corrected chi connectivity index (χ4v) is 2.51. The lowest BCUT2D eigenvalue weighted by molar-refractivity contribution is 0.0661. The highest BCUT2D eigenvalue weighted by atomic mass is 16.2. The third kappa shape index (κ3) is 1.82. The Bertz CT molecular complexity index is 516. The number of anilines is 1. The lowest BCUT2D eigenvalue weighted by Crippen LogP contribution is -2.49. The summed E-state index contributed by atoms with van der Waals surface area (Å²) in [6, 6.07) is 10.1. The van der Waals surface area contributed by atoms with E-state index in [9.17, 15) is 4.79 Å². The number of benzene rings is 1. The van der Waals surface area contributed by atoms with Crippen LogP contribution in [0.5, 0.6) is 0 Å². The number of nitrogens with zero attached hydrogens (tertiary/aromatic N) is 2. The number of hydrogen-bond donors (Lipinski definition) is 1. The lowest BCUT2D eigenvalue weighted by Gasteiger charge is -2.38. The van der Waals surface area contributed by atoms with E-state index in [0.717, 1.165) is 24.1 Å². The Hall–Kier alpha value is -2.02. The van der Waals surface area contributed by atoms with Crippen molar-refractivity contribution in [1.29, 1.82) is 5.26 Å². The van der Waals surface area contributed by atoms with Gasteiger partial charge >= 0.3 is 0 Å². The van der Waals surface area contributed by atoms with E-state index in [-0.39, 0.29) is 12.1 Å². The Morgan fingerprint density at radius 2 is 2.17 bits per heavy atom.